The molecule has 0 radical (unpaired) electrons. The van der Waals surface area contributed by atoms with Crippen molar-refractivity contribution in [3.63, 3.8) is 0 Å². The molecule has 0 bridgehead atoms. The number of aromatic amines is 1. The highest BCUT2D eigenvalue weighted by molar-refractivity contribution is 9.10. The summed E-state index contributed by atoms with van der Waals surface area (Å²) in [6, 6.07) is 1.62. The van der Waals surface area contributed by atoms with Gasteiger partial charge in [0.1, 0.15) is 0 Å². The highest BCUT2D eigenvalue weighted by atomic mass is 79.9. The maximum Gasteiger partial charge on any atom is 0.248 e. The molecule has 0 aliphatic rings. The van der Waals surface area contributed by atoms with E-state index < -0.39 is 0 Å². The molecule has 2 nitrogen and oxygen atoms in total. The van der Waals surface area contributed by atoms with E-state index in [9.17, 15) is 4.79 Å². The minimum absolute atomic E-state index is 0.0445. The smallest absolute Gasteiger partial charge is 0.248 e. The minimum atomic E-state index is -0.0445. The highest BCUT2D eigenvalue weighted by Crippen LogP contribution is 2.21. The van der Waals surface area contributed by atoms with Gasteiger partial charge in [-0.2, -0.15) is 0 Å². The second-order valence-corrected chi connectivity index (χ2v) is 3.61. The van der Waals surface area contributed by atoms with Crippen molar-refractivity contribution in [1.29, 1.82) is 0 Å². The molecule has 0 amide bonds. The summed E-state index contributed by atoms with van der Waals surface area (Å²) in [5, 5.41) is 0. The van der Waals surface area contributed by atoms with Crippen LogP contribution in [0, 0.1) is 0 Å². The molecule has 0 saturated heterocycles. The average molecular weight is 216 g/mol. The van der Waals surface area contributed by atoms with Gasteiger partial charge in [-0.1, -0.05) is 13.8 Å². The Bertz CT molecular complexity index is 303. The summed E-state index contributed by atoms with van der Waals surface area (Å²) in [7, 11) is 0. The van der Waals surface area contributed by atoms with E-state index in [1.54, 1.807) is 12.3 Å². The molecule has 60 valence electrons. The lowest BCUT2D eigenvalue weighted by Crippen LogP contribution is -2.06. The van der Waals surface area contributed by atoms with E-state index in [0.29, 0.717) is 5.92 Å². The Morgan fingerprint density at radius 3 is 2.64 bits per heavy atom. The van der Waals surface area contributed by atoms with Crippen molar-refractivity contribution in [3.05, 3.63) is 32.7 Å². The molecular formula is C8H10BrNO. The van der Waals surface area contributed by atoms with Crippen molar-refractivity contribution >= 4 is 15.9 Å². The fourth-order valence-electron chi connectivity index (χ4n) is 0.912. The Kier molecular flexibility index (Phi) is 2.49. The van der Waals surface area contributed by atoms with Crippen LogP contribution in [0.5, 0.6) is 0 Å². The Labute approximate surface area is 73.8 Å². The molecule has 0 aromatic carbocycles. The summed E-state index contributed by atoms with van der Waals surface area (Å²) >= 11 is 3.36. The number of hydrogen-bond donors (Lipinski definition) is 1. The van der Waals surface area contributed by atoms with Crippen molar-refractivity contribution in [3.8, 4) is 0 Å². The molecule has 1 rings (SSSR count). The predicted molar refractivity (Wildman–Crippen MR) is 48.9 cm³/mol. The fraction of sp³-hybridized carbons (Fsp3) is 0.375. The normalized spacial score (nSPS) is 10.5. The van der Waals surface area contributed by atoms with Crippen molar-refractivity contribution in [1.82, 2.24) is 4.98 Å². The van der Waals surface area contributed by atoms with E-state index >= 15 is 0 Å². The van der Waals surface area contributed by atoms with Crippen molar-refractivity contribution in [2.75, 3.05) is 0 Å². The summed E-state index contributed by atoms with van der Waals surface area (Å²) in [6.07, 6.45) is 1.68. The van der Waals surface area contributed by atoms with Crippen LogP contribution >= 0.6 is 15.9 Å². The molecule has 1 aromatic rings. The fourth-order valence-corrected chi connectivity index (χ4v) is 1.60. The first kappa shape index (κ1) is 8.53. The van der Waals surface area contributed by atoms with Gasteiger partial charge in [-0.05, 0) is 27.4 Å². The van der Waals surface area contributed by atoms with Gasteiger partial charge in [0.25, 0.3) is 0 Å². The Balaban J connectivity index is 3.23. The van der Waals surface area contributed by atoms with E-state index in [1.807, 2.05) is 0 Å². The average Bonchev–Trinajstić information content (AvgIpc) is 1.94. The number of hydrogen-bond acceptors (Lipinski definition) is 1. The zero-order valence-corrected chi connectivity index (χ0v) is 8.10. The highest BCUT2D eigenvalue weighted by Gasteiger charge is 2.03. The number of halogens is 1. The van der Waals surface area contributed by atoms with Gasteiger partial charge in [0.15, 0.2) is 0 Å². The Morgan fingerprint density at radius 2 is 2.18 bits per heavy atom. The van der Waals surface area contributed by atoms with E-state index in [0.717, 1.165) is 10.0 Å². The molecule has 0 atom stereocenters. The molecule has 11 heavy (non-hydrogen) atoms. The lowest BCUT2D eigenvalue weighted by molar-refractivity contribution is 0.853. The van der Waals surface area contributed by atoms with Gasteiger partial charge in [-0.25, -0.2) is 0 Å². The lowest BCUT2D eigenvalue weighted by Gasteiger charge is -2.05. The number of aromatic nitrogens is 1. The van der Waals surface area contributed by atoms with Gasteiger partial charge < -0.3 is 4.98 Å². The molecule has 0 saturated carbocycles. The van der Waals surface area contributed by atoms with Gasteiger partial charge in [0.05, 0.1) is 0 Å². The summed E-state index contributed by atoms with van der Waals surface area (Å²) < 4.78 is 0.965. The summed E-state index contributed by atoms with van der Waals surface area (Å²) in [5.74, 6) is 0.381. The lowest BCUT2D eigenvalue weighted by atomic mass is 10.1. The van der Waals surface area contributed by atoms with Crippen LogP contribution in [0.3, 0.4) is 0 Å². The minimum Gasteiger partial charge on any atom is -0.328 e. The molecule has 1 heterocycles. The van der Waals surface area contributed by atoms with Gasteiger partial charge >= 0.3 is 0 Å². The molecule has 1 N–H and O–H groups in total. The molecular weight excluding hydrogens is 206 g/mol. The van der Waals surface area contributed by atoms with E-state index in [2.05, 4.69) is 34.8 Å². The molecule has 0 spiro atoms. The Hall–Kier alpha value is -0.570. The van der Waals surface area contributed by atoms with Crippen LogP contribution in [0.4, 0.5) is 0 Å². The molecule has 3 heteroatoms. The molecule has 0 unspecified atom stereocenters. The third-order valence-corrected chi connectivity index (χ3v) is 2.21. The summed E-state index contributed by atoms with van der Waals surface area (Å²) in [4.78, 5) is 13.5. The van der Waals surface area contributed by atoms with E-state index in [1.165, 1.54) is 0 Å². The third kappa shape index (κ3) is 1.93. The summed E-state index contributed by atoms with van der Waals surface area (Å²) in [6.45, 7) is 4.11. The molecule has 0 aliphatic carbocycles. The van der Waals surface area contributed by atoms with Crippen LogP contribution in [0.25, 0.3) is 0 Å². The molecule has 0 aliphatic heterocycles. The van der Waals surface area contributed by atoms with E-state index in [4.69, 9.17) is 0 Å². The first-order valence-corrected chi connectivity index (χ1v) is 4.28. The van der Waals surface area contributed by atoms with Crippen molar-refractivity contribution < 1.29 is 0 Å². The predicted octanol–water partition coefficient (Wildman–Crippen LogP) is 2.26. The summed E-state index contributed by atoms with van der Waals surface area (Å²) in [5.41, 5.74) is 1.01. The first-order chi connectivity index (χ1) is 5.11. The van der Waals surface area contributed by atoms with Crippen LogP contribution in [0.2, 0.25) is 0 Å². The largest absolute Gasteiger partial charge is 0.328 e. The maximum absolute atomic E-state index is 10.9. The van der Waals surface area contributed by atoms with Crippen LogP contribution in [-0.4, -0.2) is 4.98 Å². The van der Waals surface area contributed by atoms with Gasteiger partial charge in [-0.3, -0.25) is 4.79 Å². The maximum atomic E-state index is 10.9. The SMILES string of the molecule is CC(C)c1cc(=O)[nH]cc1Br. The van der Waals surface area contributed by atoms with Crippen LogP contribution in [0.15, 0.2) is 21.5 Å². The Morgan fingerprint density at radius 1 is 1.55 bits per heavy atom. The monoisotopic (exact) mass is 215 g/mol. The first-order valence-electron chi connectivity index (χ1n) is 3.49. The standard InChI is InChI=1S/C8H10BrNO/c1-5(2)6-3-8(11)10-4-7(6)9/h3-5H,1-2H3,(H,10,11). The number of H-pyrrole nitrogens is 1. The molecule has 1 aromatic heterocycles. The topological polar surface area (TPSA) is 32.9 Å². The second-order valence-electron chi connectivity index (χ2n) is 2.76. The number of pyridine rings is 1. The number of nitrogens with one attached hydrogen (secondary N) is 1. The van der Waals surface area contributed by atoms with Crippen LogP contribution in [0.1, 0.15) is 25.3 Å². The van der Waals surface area contributed by atoms with E-state index in [-0.39, 0.29) is 5.56 Å². The van der Waals surface area contributed by atoms with Gasteiger partial charge in [0, 0.05) is 16.7 Å². The zero-order chi connectivity index (χ0) is 8.43. The quantitative estimate of drug-likeness (QED) is 0.767. The van der Waals surface area contributed by atoms with Crippen molar-refractivity contribution in [2.45, 2.75) is 19.8 Å². The van der Waals surface area contributed by atoms with Gasteiger partial charge in [0.2, 0.25) is 5.56 Å². The zero-order valence-electron chi connectivity index (χ0n) is 6.52. The van der Waals surface area contributed by atoms with Gasteiger partial charge in [-0.15, -0.1) is 0 Å². The molecule has 0 fully saturated rings. The number of rotatable bonds is 1. The van der Waals surface area contributed by atoms with Crippen LogP contribution < -0.4 is 5.56 Å². The van der Waals surface area contributed by atoms with Crippen LogP contribution in [-0.2, 0) is 0 Å². The van der Waals surface area contributed by atoms with Crippen molar-refractivity contribution in [2.24, 2.45) is 0 Å². The third-order valence-electron chi connectivity index (χ3n) is 1.53. The second kappa shape index (κ2) is 3.22.